The maximum Gasteiger partial charge on any atom is 0.234 e. The van der Waals surface area contributed by atoms with Gasteiger partial charge in [-0.05, 0) is 17.7 Å². The van der Waals surface area contributed by atoms with Gasteiger partial charge in [0.05, 0.1) is 24.8 Å². The van der Waals surface area contributed by atoms with E-state index in [0.717, 1.165) is 16.4 Å². The number of carbonyl (C=O) groups excluding carboxylic acids is 1. The smallest absolute Gasteiger partial charge is 0.234 e. The summed E-state index contributed by atoms with van der Waals surface area (Å²) in [5.74, 6) is 0.892. The predicted octanol–water partition coefficient (Wildman–Crippen LogP) is 3.82. The van der Waals surface area contributed by atoms with Crippen molar-refractivity contribution in [3.05, 3.63) is 60.8 Å². The summed E-state index contributed by atoms with van der Waals surface area (Å²) in [6.07, 6.45) is 1.78. The molecule has 0 saturated carbocycles. The van der Waals surface area contributed by atoms with Crippen LogP contribution in [0.2, 0.25) is 0 Å². The molecule has 122 valence electrons. The number of nitrogens with one attached hydrogen (secondary N) is 2. The number of H-pyrrole nitrogens is 1. The summed E-state index contributed by atoms with van der Waals surface area (Å²) in [6.45, 7) is 0. The average Bonchev–Trinajstić information content (AvgIpc) is 3.10. The lowest BCUT2D eigenvalue weighted by molar-refractivity contribution is -0.113. The van der Waals surface area contributed by atoms with Crippen molar-refractivity contribution in [2.24, 2.45) is 0 Å². The van der Waals surface area contributed by atoms with Crippen LogP contribution < -0.4 is 10.1 Å². The summed E-state index contributed by atoms with van der Waals surface area (Å²) in [5, 5.41) is 3.56. The van der Waals surface area contributed by atoms with Crippen molar-refractivity contribution in [1.29, 1.82) is 0 Å². The zero-order chi connectivity index (χ0) is 16.8. The van der Waals surface area contributed by atoms with Crippen LogP contribution in [0.25, 0.3) is 11.3 Å². The number of aromatic nitrogens is 2. The van der Waals surface area contributed by atoms with Crippen LogP contribution in [-0.2, 0) is 4.79 Å². The number of hydrogen-bond donors (Lipinski definition) is 2. The highest BCUT2D eigenvalue weighted by Gasteiger charge is 2.08. The van der Waals surface area contributed by atoms with E-state index in [2.05, 4.69) is 15.3 Å². The van der Waals surface area contributed by atoms with Crippen molar-refractivity contribution in [3.8, 4) is 17.0 Å². The number of nitrogens with zero attached hydrogens (tertiary/aromatic N) is 1. The van der Waals surface area contributed by atoms with Crippen LogP contribution in [0.4, 0.5) is 5.69 Å². The van der Waals surface area contributed by atoms with Gasteiger partial charge in [-0.1, -0.05) is 48.2 Å². The first-order chi connectivity index (χ1) is 11.7. The van der Waals surface area contributed by atoms with Crippen LogP contribution in [0.1, 0.15) is 0 Å². The second-order valence-corrected chi connectivity index (χ2v) is 6.00. The Kier molecular flexibility index (Phi) is 5.18. The third kappa shape index (κ3) is 4.17. The Morgan fingerprint density at radius 1 is 1.21 bits per heavy atom. The van der Waals surface area contributed by atoms with E-state index in [1.165, 1.54) is 11.8 Å². The molecule has 0 aliphatic heterocycles. The number of rotatable bonds is 6. The predicted molar refractivity (Wildman–Crippen MR) is 96.4 cm³/mol. The largest absolute Gasteiger partial charge is 0.497 e. The minimum Gasteiger partial charge on any atom is -0.497 e. The Bertz CT molecular complexity index is 818. The SMILES string of the molecule is COc1cccc(NC(=O)CSc2ncc(-c3ccccc3)[nH]2)c1. The van der Waals surface area contributed by atoms with Gasteiger partial charge in [0.15, 0.2) is 5.16 Å². The summed E-state index contributed by atoms with van der Waals surface area (Å²) >= 11 is 1.36. The lowest BCUT2D eigenvalue weighted by Crippen LogP contribution is -2.14. The van der Waals surface area contributed by atoms with Crippen molar-refractivity contribution >= 4 is 23.4 Å². The Hall–Kier alpha value is -2.73. The Morgan fingerprint density at radius 2 is 2.04 bits per heavy atom. The fourth-order valence-corrected chi connectivity index (χ4v) is 2.82. The van der Waals surface area contributed by atoms with Gasteiger partial charge in [0.25, 0.3) is 0 Å². The number of amides is 1. The molecule has 1 heterocycles. The van der Waals surface area contributed by atoms with Gasteiger partial charge in [0, 0.05) is 11.8 Å². The van der Waals surface area contributed by atoms with E-state index in [-0.39, 0.29) is 11.7 Å². The first-order valence-corrected chi connectivity index (χ1v) is 8.40. The van der Waals surface area contributed by atoms with Crippen LogP contribution in [-0.4, -0.2) is 28.7 Å². The molecule has 1 amide bonds. The molecule has 0 bridgehead atoms. The van der Waals surface area contributed by atoms with Gasteiger partial charge in [-0.2, -0.15) is 0 Å². The molecule has 5 nitrogen and oxygen atoms in total. The van der Waals surface area contributed by atoms with Crippen LogP contribution in [0.3, 0.4) is 0 Å². The molecule has 24 heavy (non-hydrogen) atoms. The molecule has 1 aromatic heterocycles. The quantitative estimate of drug-likeness (QED) is 0.670. The fourth-order valence-electron chi connectivity index (χ4n) is 2.17. The molecule has 2 aromatic carbocycles. The first kappa shape index (κ1) is 16.1. The van der Waals surface area contributed by atoms with Crippen molar-refractivity contribution in [2.45, 2.75) is 5.16 Å². The number of aromatic amines is 1. The summed E-state index contributed by atoms with van der Waals surface area (Å²) < 4.78 is 5.14. The molecule has 0 spiro atoms. The van der Waals surface area contributed by atoms with Gasteiger partial charge >= 0.3 is 0 Å². The topological polar surface area (TPSA) is 67.0 Å². The highest BCUT2D eigenvalue weighted by Crippen LogP contribution is 2.22. The zero-order valence-corrected chi connectivity index (χ0v) is 14.0. The van der Waals surface area contributed by atoms with E-state index in [4.69, 9.17) is 4.74 Å². The third-order valence-electron chi connectivity index (χ3n) is 3.33. The Labute approximate surface area is 144 Å². The van der Waals surface area contributed by atoms with E-state index in [9.17, 15) is 4.79 Å². The molecule has 0 atom stereocenters. The van der Waals surface area contributed by atoms with E-state index in [0.29, 0.717) is 11.4 Å². The van der Waals surface area contributed by atoms with Crippen LogP contribution in [0.15, 0.2) is 66.0 Å². The average molecular weight is 339 g/mol. The number of carbonyl (C=O) groups is 1. The second-order valence-electron chi connectivity index (χ2n) is 5.04. The zero-order valence-electron chi connectivity index (χ0n) is 13.2. The number of thioether (sulfide) groups is 1. The summed E-state index contributed by atoms with van der Waals surface area (Å²) in [4.78, 5) is 19.6. The second kappa shape index (κ2) is 7.70. The Morgan fingerprint density at radius 3 is 2.83 bits per heavy atom. The minimum absolute atomic E-state index is 0.0917. The molecule has 0 saturated heterocycles. The van der Waals surface area contributed by atoms with Gasteiger partial charge in [-0.3, -0.25) is 4.79 Å². The molecule has 0 radical (unpaired) electrons. The molecular weight excluding hydrogens is 322 g/mol. The first-order valence-electron chi connectivity index (χ1n) is 7.42. The normalized spacial score (nSPS) is 10.4. The number of methoxy groups -OCH3 is 1. The molecule has 0 fully saturated rings. The van der Waals surface area contributed by atoms with Gasteiger partial charge < -0.3 is 15.0 Å². The van der Waals surface area contributed by atoms with Crippen LogP contribution in [0.5, 0.6) is 5.75 Å². The molecule has 0 aliphatic carbocycles. The van der Waals surface area contributed by atoms with Gasteiger partial charge in [-0.15, -0.1) is 0 Å². The number of hydrogen-bond acceptors (Lipinski definition) is 4. The van der Waals surface area contributed by atoms with E-state index >= 15 is 0 Å². The van der Waals surface area contributed by atoms with Crippen LogP contribution >= 0.6 is 11.8 Å². The monoisotopic (exact) mass is 339 g/mol. The lowest BCUT2D eigenvalue weighted by atomic mass is 10.2. The fraction of sp³-hybridized carbons (Fsp3) is 0.111. The number of imidazole rings is 1. The van der Waals surface area contributed by atoms with Crippen molar-refractivity contribution < 1.29 is 9.53 Å². The maximum atomic E-state index is 12.0. The Balaban J connectivity index is 1.56. The molecular formula is C18H17N3O2S. The highest BCUT2D eigenvalue weighted by molar-refractivity contribution is 7.99. The van der Waals surface area contributed by atoms with Gasteiger partial charge in [0.1, 0.15) is 5.75 Å². The van der Waals surface area contributed by atoms with Gasteiger partial charge in [-0.25, -0.2) is 4.98 Å². The summed E-state index contributed by atoms with van der Waals surface area (Å²) in [6, 6.07) is 17.2. The van der Waals surface area contributed by atoms with Crippen molar-refractivity contribution in [3.63, 3.8) is 0 Å². The summed E-state index contributed by atoms with van der Waals surface area (Å²) in [7, 11) is 1.60. The third-order valence-corrected chi connectivity index (χ3v) is 4.22. The van der Waals surface area contributed by atoms with E-state index in [1.54, 1.807) is 19.4 Å². The number of anilines is 1. The van der Waals surface area contributed by atoms with E-state index < -0.39 is 0 Å². The molecule has 0 unspecified atom stereocenters. The highest BCUT2D eigenvalue weighted by atomic mass is 32.2. The molecule has 3 aromatic rings. The minimum atomic E-state index is -0.0917. The number of ether oxygens (including phenoxy) is 1. The van der Waals surface area contributed by atoms with Crippen LogP contribution in [0, 0.1) is 0 Å². The van der Waals surface area contributed by atoms with E-state index in [1.807, 2.05) is 48.5 Å². The van der Waals surface area contributed by atoms with Crippen molar-refractivity contribution in [2.75, 3.05) is 18.2 Å². The number of benzene rings is 2. The molecule has 0 aliphatic rings. The maximum absolute atomic E-state index is 12.0. The lowest BCUT2D eigenvalue weighted by Gasteiger charge is -2.06. The summed E-state index contributed by atoms with van der Waals surface area (Å²) in [5.41, 5.74) is 2.72. The van der Waals surface area contributed by atoms with Gasteiger partial charge in [0.2, 0.25) is 5.91 Å². The molecule has 2 N–H and O–H groups in total. The standard InChI is InChI=1S/C18H17N3O2S/c1-23-15-9-5-8-14(10-15)20-17(22)12-24-18-19-11-16(21-18)13-6-3-2-4-7-13/h2-11H,12H2,1H3,(H,19,21)(H,20,22). The molecule has 6 heteroatoms. The van der Waals surface area contributed by atoms with Crippen molar-refractivity contribution in [1.82, 2.24) is 9.97 Å². The molecule has 3 rings (SSSR count).